The van der Waals surface area contributed by atoms with Gasteiger partial charge >= 0.3 is 0 Å². The minimum absolute atomic E-state index is 0. The number of carbonyl (C=O) groups excluding carboxylic acids is 1. The van der Waals surface area contributed by atoms with Crippen LogP contribution in [0.1, 0.15) is 32.1 Å². The van der Waals surface area contributed by atoms with Gasteiger partial charge in [-0.25, -0.2) is 0 Å². The Labute approximate surface area is 114 Å². The van der Waals surface area contributed by atoms with Gasteiger partial charge in [-0.2, -0.15) is 11.8 Å². The summed E-state index contributed by atoms with van der Waals surface area (Å²) in [6, 6.07) is 0.0757. The normalized spacial score (nSPS) is 26.0. The van der Waals surface area contributed by atoms with Crippen molar-refractivity contribution in [2.75, 3.05) is 24.6 Å². The SMILES string of the molecule is Cl.O=C(NCC1CCSCC1)[C@H]1CCCCN1. The van der Waals surface area contributed by atoms with Crippen LogP contribution >= 0.6 is 24.2 Å². The molecule has 0 unspecified atom stereocenters. The van der Waals surface area contributed by atoms with Crippen LogP contribution in [-0.2, 0) is 4.79 Å². The van der Waals surface area contributed by atoms with Crippen molar-refractivity contribution >= 4 is 30.1 Å². The van der Waals surface area contributed by atoms with E-state index in [-0.39, 0.29) is 24.4 Å². The van der Waals surface area contributed by atoms with Gasteiger partial charge in [-0.3, -0.25) is 4.79 Å². The van der Waals surface area contributed by atoms with Gasteiger partial charge < -0.3 is 10.6 Å². The van der Waals surface area contributed by atoms with E-state index in [1.807, 2.05) is 11.8 Å². The first-order chi connectivity index (χ1) is 7.86. The molecule has 2 saturated heterocycles. The number of hydrogen-bond acceptors (Lipinski definition) is 3. The topological polar surface area (TPSA) is 41.1 Å². The quantitative estimate of drug-likeness (QED) is 0.827. The van der Waals surface area contributed by atoms with E-state index < -0.39 is 0 Å². The van der Waals surface area contributed by atoms with E-state index in [1.54, 1.807) is 0 Å². The first kappa shape index (κ1) is 15.1. The average molecular weight is 279 g/mol. The fourth-order valence-corrected chi connectivity index (χ4v) is 3.60. The molecule has 0 saturated carbocycles. The Kier molecular flexibility index (Phi) is 7.32. The van der Waals surface area contributed by atoms with Gasteiger partial charge in [0, 0.05) is 6.54 Å². The van der Waals surface area contributed by atoms with Crippen molar-refractivity contribution in [2.24, 2.45) is 5.92 Å². The van der Waals surface area contributed by atoms with Gasteiger partial charge in [0.05, 0.1) is 6.04 Å². The molecule has 2 rings (SSSR count). The van der Waals surface area contributed by atoms with E-state index >= 15 is 0 Å². The first-order valence-electron chi connectivity index (χ1n) is 6.45. The van der Waals surface area contributed by atoms with Crippen LogP contribution in [0.3, 0.4) is 0 Å². The molecular formula is C12H23ClN2OS. The zero-order chi connectivity index (χ0) is 11.2. The second-order valence-corrected chi connectivity index (χ2v) is 6.03. The third-order valence-electron chi connectivity index (χ3n) is 3.53. The summed E-state index contributed by atoms with van der Waals surface area (Å²) < 4.78 is 0. The lowest BCUT2D eigenvalue weighted by Gasteiger charge is -2.25. The Balaban J connectivity index is 0.00000144. The van der Waals surface area contributed by atoms with Crippen LogP contribution in [0.2, 0.25) is 0 Å². The van der Waals surface area contributed by atoms with Gasteiger partial charge in [-0.05, 0) is 49.7 Å². The summed E-state index contributed by atoms with van der Waals surface area (Å²) in [5.74, 6) is 3.47. The highest BCUT2D eigenvalue weighted by Crippen LogP contribution is 2.21. The van der Waals surface area contributed by atoms with Crippen LogP contribution in [0.5, 0.6) is 0 Å². The first-order valence-corrected chi connectivity index (χ1v) is 7.60. The zero-order valence-corrected chi connectivity index (χ0v) is 11.9. The van der Waals surface area contributed by atoms with Crippen molar-refractivity contribution in [2.45, 2.75) is 38.1 Å². The number of hydrogen-bond donors (Lipinski definition) is 2. The summed E-state index contributed by atoms with van der Waals surface area (Å²) in [5, 5.41) is 6.40. The highest BCUT2D eigenvalue weighted by Gasteiger charge is 2.21. The number of carbonyl (C=O) groups is 1. The monoisotopic (exact) mass is 278 g/mol. The molecule has 0 aromatic carbocycles. The molecule has 2 fully saturated rings. The number of halogens is 1. The van der Waals surface area contributed by atoms with E-state index in [0.29, 0.717) is 5.92 Å². The molecule has 3 nitrogen and oxygen atoms in total. The molecule has 100 valence electrons. The molecule has 0 aliphatic carbocycles. The highest BCUT2D eigenvalue weighted by atomic mass is 35.5. The van der Waals surface area contributed by atoms with Crippen molar-refractivity contribution in [1.29, 1.82) is 0 Å². The zero-order valence-electron chi connectivity index (χ0n) is 10.2. The number of rotatable bonds is 3. The predicted molar refractivity (Wildman–Crippen MR) is 75.9 cm³/mol. The van der Waals surface area contributed by atoms with Crippen molar-refractivity contribution in [1.82, 2.24) is 10.6 Å². The second kappa shape index (κ2) is 8.22. The van der Waals surface area contributed by atoms with Crippen molar-refractivity contribution < 1.29 is 4.79 Å². The third kappa shape index (κ3) is 5.06. The van der Waals surface area contributed by atoms with Gasteiger partial charge in [0.25, 0.3) is 0 Å². The average Bonchev–Trinajstić information content (AvgIpc) is 2.38. The van der Waals surface area contributed by atoms with E-state index in [9.17, 15) is 4.79 Å². The molecule has 0 aromatic heterocycles. The molecule has 5 heteroatoms. The standard InChI is InChI=1S/C12H22N2OS.ClH/c15-12(11-3-1-2-6-13-11)14-9-10-4-7-16-8-5-10;/h10-11,13H,1-9H2,(H,14,15);1H/t11-;/m1./s1. The number of nitrogens with one attached hydrogen (secondary N) is 2. The van der Waals surface area contributed by atoms with Crippen LogP contribution < -0.4 is 10.6 Å². The number of amides is 1. The van der Waals surface area contributed by atoms with Crippen LogP contribution in [0, 0.1) is 5.92 Å². The minimum atomic E-state index is 0. The highest BCUT2D eigenvalue weighted by molar-refractivity contribution is 7.99. The molecule has 1 amide bonds. The predicted octanol–water partition coefficient (Wildman–Crippen LogP) is 1.81. The molecule has 0 spiro atoms. The van der Waals surface area contributed by atoms with Crippen LogP contribution in [0.15, 0.2) is 0 Å². The lowest BCUT2D eigenvalue weighted by atomic mass is 10.0. The minimum Gasteiger partial charge on any atom is -0.354 e. The summed E-state index contributed by atoms with van der Waals surface area (Å²) in [6.45, 7) is 1.88. The summed E-state index contributed by atoms with van der Waals surface area (Å²) in [6.07, 6.45) is 5.94. The Morgan fingerprint density at radius 3 is 2.65 bits per heavy atom. The second-order valence-electron chi connectivity index (χ2n) is 4.80. The van der Waals surface area contributed by atoms with Crippen LogP contribution in [0.4, 0.5) is 0 Å². The smallest absolute Gasteiger partial charge is 0.237 e. The van der Waals surface area contributed by atoms with Gasteiger partial charge in [0.15, 0.2) is 0 Å². The van der Waals surface area contributed by atoms with Gasteiger partial charge in [0.2, 0.25) is 5.91 Å². The van der Waals surface area contributed by atoms with Crippen molar-refractivity contribution in [3.8, 4) is 0 Å². The molecule has 1 atom stereocenters. The maximum Gasteiger partial charge on any atom is 0.237 e. The Hall–Kier alpha value is 0.0700. The van der Waals surface area contributed by atoms with Crippen LogP contribution in [0.25, 0.3) is 0 Å². The number of piperidine rings is 1. The Bertz CT molecular complexity index is 229. The molecule has 0 aromatic rings. The van der Waals surface area contributed by atoms with E-state index in [4.69, 9.17) is 0 Å². The number of thioether (sulfide) groups is 1. The van der Waals surface area contributed by atoms with Crippen LogP contribution in [-0.4, -0.2) is 36.5 Å². The molecule has 2 aliphatic rings. The lowest BCUT2D eigenvalue weighted by molar-refractivity contribution is -0.123. The molecule has 2 aliphatic heterocycles. The molecular weight excluding hydrogens is 256 g/mol. The molecule has 17 heavy (non-hydrogen) atoms. The lowest BCUT2D eigenvalue weighted by Crippen LogP contribution is -2.47. The van der Waals surface area contributed by atoms with Gasteiger partial charge in [-0.15, -0.1) is 12.4 Å². The maximum atomic E-state index is 11.9. The fraction of sp³-hybridized carbons (Fsp3) is 0.917. The van der Waals surface area contributed by atoms with Crippen molar-refractivity contribution in [3.63, 3.8) is 0 Å². The van der Waals surface area contributed by atoms with Gasteiger partial charge in [-0.1, -0.05) is 6.42 Å². The molecule has 2 N–H and O–H groups in total. The largest absolute Gasteiger partial charge is 0.354 e. The van der Waals surface area contributed by atoms with Crippen molar-refractivity contribution in [3.05, 3.63) is 0 Å². The molecule has 2 heterocycles. The molecule has 0 radical (unpaired) electrons. The van der Waals surface area contributed by atoms with E-state index in [2.05, 4.69) is 10.6 Å². The summed E-state index contributed by atoms with van der Waals surface area (Å²) in [4.78, 5) is 11.9. The van der Waals surface area contributed by atoms with E-state index in [1.165, 1.54) is 37.2 Å². The maximum absolute atomic E-state index is 11.9. The summed E-state index contributed by atoms with van der Waals surface area (Å²) in [5.41, 5.74) is 0. The van der Waals surface area contributed by atoms with E-state index in [0.717, 1.165) is 19.5 Å². The summed E-state index contributed by atoms with van der Waals surface area (Å²) >= 11 is 2.04. The molecule has 0 bridgehead atoms. The Morgan fingerprint density at radius 1 is 1.24 bits per heavy atom. The third-order valence-corrected chi connectivity index (χ3v) is 4.58. The fourth-order valence-electron chi connectivity index (χ4n) is 2.39. The Morgan fingerprint density at radius 2 is 2.00 bits per heavy atom. The summed E-state index contributed by atoms with van der Waals surface area (Å²) in [7, 11) is 0. The van der Waals surface area contributed by atoms with Gasteiger partial charge in [0.1, 0.15) is 0 Å².